The van der Waals surface area contributed by atoms with Crippen LogP contribution in [0.1, 0.15) is 18.4 Å². The third kappa shape index (κ3) is 5.67. The molecular weight excluding hydrogens is 553 g/mol. The molecule has 2 heterocycles. The fourth-order valence-corrected chi connectivity index (χ4v) is 4.15. The normalized spacial score (nSPS) is 14.8. The van der Waals surface area contributed by atoms with Gasteiger partial charge in [-0.1, -0.05) is 13.0 Å². The van der Waals surface area contributed by atoms with Gasteiger partial charge in [0.1, 0.15) is 11.6 Å². The molecule has 192 valence electrons. The van der Waals surface area contributed by atoms with Crippen LogP contribution in [-0.4, -0.2) is 58.8 Å². The highest BCUT2D eigenvalue weighted by molar-refractivity contribution is 9.10. The van der Waals surface area contributed by atoms with E-state index in [2.05, 4.69) is 35.4 Å². The summed E-state index contributed by atoms with van der Waals surface area (Å²) in [6.45, 7) is 5.03. The van der Waals surface area contributed by atoms with Gasteiger partial charge in [-0.3, -0.25) is 4.90 Å². The van der Waals surface area contributed by atoms with Gasteiger partial charge in [-0.05, 0) is 52.8 Å². The highest BCUT2D eigenvalue weighted by atomic mass is 79.9. The van der Waals surface area contributed by atoms with Gasteiger partial charge in [0, 0.05) is 43.0 Å². The second-order valence-corrected chi connectivity index (χ2v) is 8.96. The van der Waals surface area contributed by atoms with Crippen LogP contribution in [0, 0.1) is 11.6 Å². The van der Waals surface area contributed by atoms with Crippen LogP contribution in [0.4, 0.5) is 32.4 Å². The van der Waals surface area contributed by atoms with E-state index in [0.717, 1.165) is 12.6 Å². The summed E-state index contributed by atoms with van der Waals surface area (Å²) in [6, 6.07) is 7.29. The summed E-state index contributed by atoms with van der Waals surface area (Å²) in [6.07, 6.45) is -4.82. The minimum Gasteiger partial charge on any atom is -0.413 e. The topological polar surface area (TPSA) is 65.7 Å². The van der Waals surface area contributed by atoms with E-state index in [9.17, 15) is 22.4 Å². The molecule has 0 radical (unpaired) electrons. The van der Waals surface area contributed by atoms with Crippen molar-refractivity contribution in [3.8, 4) is 11.5 Å². The molecular formula is C23H21BrF5N5O2. The molecule has 7 nitrogen and oxygen atoms in total. The van der Waals surface area contributed by atoms with Crippen LogP contribution in [0.25, 0.3) is 11.5 Å². The smallest absolute Gasteiger partial charge is 0.413 e. The van der Waals surface area contributed by atoms with Crippen LogP contribution < -0.4 is 4.90 Å². The first-order chi connectivity index (χ1) is 17.1. The van der Waals surface area contributed by atoms with Crippen LogP contribution in [0.2, 0.25) is 0 Å². The lowest BCUT2D eigenvalue weighted by Crippen LogP contribution is -2.52. The number of hydrogen-bond donors (Lipinski definition) is 0. The summed E-state index contributed by atoms with van der Waals surface area (Å²) in [4.78, 5) is 18.6. The molecule has 1 fully saturated rings. The zero-order valence-corrected chi connectivity index (χ0v) is 20.6. The molecule has 13 heteroatoms. The number of piperazine rings is 1. The van der Waals surface area contributed by atoms with Gasteiger partial charge in [0.25, 0.3) is 0 Å². The van der Waals surface area contributed by atoms with E-state index in [1.54, 1.807) is 4.90 Å². The molecule has 1 aromatic heterocycles. The predicted octanol–water partition coefficient (Wildman–Crippen LogP) is 5.56. The molecule has 1 aliphatic heterocycles. The molecule has 0 bridgehead atoms. The molecule has 0 N–H and O–H groups in total. The minimum atomic E-state index is -4.82. The van der Waals surface area contributed by atoms with E-state index in [-0.39, 0.29) is 28.2 Å². The Morgan fingerprint density at radius 2 is 1.78 bits per heavy atom. The fraction of sp³-hybridized carbons (Fsp3) is 0.348. The lowest BCUT2D eigenvalue weighted by Gasteiger charge is -2.37. The van der Waals surface area contributed by atoms with Gasteiger partial charge in [-0.15, -0.1) is 10.2 Å². The number of anilines is 1. The van der Waals surface area contributed by atoms with Gasteiger partial charge < -0.3 is 14.2 Å². The largest absolute Gasteiger partial charge is 0.470 e. The molecule has 2 aromatic carbocycles. The summed E-state index contributed by atoms with van der Waals surface area (Å²) < 4.78 is 71.9. The number of amides is 2. The van der Waals surface area contributed by atoms with Crippen LogP contribution in [0.5, 0.6) is 0 Å². The maximum absolute atomic E-state index is 15.1. The number of aromatic nitrogens is 2. The molecule has 0 atom stereocenters. The lowest BCUT2D eigenvalue weighted by molar-refractivity contribution is -0.156. The Bertz CT molecular complexity index is 1240. The zero-order valence-electron chi connectivity index (χ0n) is 19.0. The molecule has 1 saturated heterocycles. The molecule has 0 unspecified atom stereocenters. The first-order valence-electron chi connectivity index (χ1n) is 11.0. The van der Waals surface area contributed by atoms with Crippen molar-refractivity contribution in [2.24, 2.45) is 0 Å². The van der Waals surface area contributed by atoms with E-state index in [1.807, 2.05) is 6.92 Å². The third-order valence-electron chi connectivity index (χ3n) is 5.83. The Morgan fingerprint density at radius 1 is 1.06 bits per heavy atom. The van der Waals surface area contributed by atoms with Gasteiger partial charge >= 0.3 is 18.1 Å². The second kappa shape index (κ2) is 10.5. The third-order valence-corrected chi connectivity index (χ3v) is 6.44. The maximum atomic E-state index is 15.1. The van der Waals surface area contributed by atoms with Gasteiger partial charge in [0.2, 0.25) is 5.89 Å². The Labute approximate surface area is 211 Å². The lowest BCUT2D eigenvalue weighted by atomic mass is 10.1. The van der Waals surface area contributed by atoms with Gasteiger partial charge in [-0.2, -0.15) is 13.2 Å². The Hall–Kier alpha value is -3.06. The van der Waals surface area contributed by atoms with E-state index in [4.69, 9.17) is 0 Å². The molecule has 3 aromatic rings. The summed E-state index contributed by atoms with van der Waals surface area (Å²) in [5.41, 5.74) is 0.397. The number of alkyl halides is 3. The average Bonchev–Trinajstić information content (AvgIpc) is 3.36. The first kappa shape index (κ1) is 26.0. The molecule has 1 aliphatic rings. The van der Waals surface area contributed by atoms with Crippen LogP contribution in [0.15, 0.2) is 45.3 Å². The van der Waals surface area contributed by atoms with Crippen molar-refractivity contribution in [1.29, 1.82) is 0 Å². The van der Waals surface area contributed by atoms with Crippen LogP contribution in [0.3, 0.4) is 0 Å². The number of carbonyl (C=O) groups excluding carboxylic acids is 1. The Morgan fingerprint density at radius 3 is 2.36 bits per heavy atom. The number of nitrogens with zero attached hydrogens (tertiary/aromatic N) is 5. The number of urea groups is 1. The number of halogens is 6. The van der Waals surface area contributed by atoms with E-state index in [0.29, 0.717) is 31.9 Å². The summed E-state index contributed by atoms with van der Waals surface area (Å²) in [7, 11) is 0. The monoisotopic (exact) mass is 573 g/mol. The van der Waals surface area contributed by atoms with E-state index in [1.165, 1.54) is 35.2 Å². The SMILES string of the molecule is CCN1CCN(C(=O)N(Cc2ccc(-c3nnc(C(F)(F)F)o3)cc2F)c2ccc(F)c(Br)c2)CC1. The quantitative estimate of drug-likeness (QED) is 0.374. The van der Waals surface area contributed by atoms with E-state index < -0.39 is 29.6 Å². The van der Waals surface area contributed by atoms with Crippen molar-refractivity contribution in [3.63, 3.8) is 0 Å². The number of carbonyl (C=O) groups is 1. The van der Waals surface area contributed by atoms with Gasteiger partial charge in [0.05, 0.1) is 11.0 Å². The van der Waals surface area contributed by atoms with Crippen LogP contribution >= 0.6 is 15.9 Å². The molecule has 0 spiro atoms. The van der Waals surface area contributed by atoms with Gasteiger partial charge in [0.15, 0.2) is 0 Å². The molecule has 0 saturated carbocycles. The van der Waals surface area contributed by atoms with E-state index >= 15 is 4.39 Å². The minimum absolute atomic E-state index is 0.0441. The molecule has 36 heavy (non-hydrogen) atoms. The Balaban J connectivity index is 1.61. The van der Waals surface area contributed by atoms with Crippen molar-refractivity contribution in [2.75, 3.05) is 37.6 Å². The fourth-order valence-electron chi connectivity index (χ4n) is 3.78. The summed E-state index contributed by atoms with van der Waals surface area (Å²) in [5.74, 6) is -3.33. The first-order valence-corrected chi connectivity index (χ1v) is 11.8. The summed E-state index contributed by atoms with van der Waals surface area (Å²) >= 11 is 3.12. The highest BCUT2D eigenvalue weighted by Crippen LogP contribution is 2.31. The van der Waals surface area contributed by atoms with Crippen molar-refractivity contribution in [2.45, 2.75) is 19.6 Å². The highest BCUT2D eigenvalue weighted by Gasteiger charge is 2.38. The van der Waals surface area contributed by atoms with Crippen molar-refractivity contribution in [3.05, 3.63) is 64.0 Å². The number of likely N-dealkylation sites (N-methyl/N-ethyl adjacent to an activating group) is 1. The maximum Gasteiger partial charge on any atom is 0.470 e. The van der Waals surface area contributed by atoms with Crippen molar-refractivity contribution < 1.29 is 31.2 Å². The predicted molar refractivity (Wildman–Crippen MR) is 124 cm³/mol. The molecule has 2 amide bonds. The van der Waals surface area contributed by atoms with Crippen LogP contribution in [-0.2, 0) is 12.7 Å². The molecule has 0 aliphatic carbocycles. The second-order valence-electron chi connectivity index (χ2n) is 8.10. The molecule has 4 rings (SSSR count). The van der Waals surface area contributed by atoms with Crippen molar-refractivity contribution >= 4 is 27.6 Å². The zero-order chi connectivity index (χ0) is 26.0. The Kier molecular flexibility index (Phi) is 7.59. The standard InChI is InChI=1S/C23H21BrF5N5O2/c1-2-32-7-9-33(10-8-32)22(35)34(16-5-6-18(25)17(24)12-16)13-15-4-3-14(11-19(15)26)20-30-31-21(36-20)23(27,28)29/h3-6,11-12H,2,7-10,13H2,1H3. The summed E-state index contributed by atoms with van der Waals surface area (Å²) in [5, 5.41) is 6.28. The van der Waals surface area contributed by atoms with Crippen molar-refractivity contribution in [1.82, 2.24) is 20.0 Å². The number of benzene rings is 2. The number of hydrogen-bond acceptors (Lipinski definition) is 5. The van der Waals surface area contributed by atoms with Gasteiger partial charge in [-0.25, -0.2) is 13.6 Å². The number of rotatable bonds is 5. The average molecular weight is 574 g/mol.